The number of rotatable bonds is 6. The molecule has 0 bridgehead atoms. The summed E-state index contributed by atoms with van der Waals surface area (Å²) in [6.45, 7) is 0.364. The van der Waals surface area contributed by atoms with Crippen molar-refractivity contribution in [2.75, 3.05) is 6.54 Å². The zero-order valence-corrected chi connectivity index (χ0v) is 12.2. The fourth-order valence-electron chi connectivity index (χ4n) is 2.09. The Morgan fingerprint density at radius 2 is 1.87 bits per heavy atom. The summed E-state index contributed by atoms with van der Waals surface area (Å²) in [6.07, 6.45) is 0.622. The highest BCUT2D eigenvalue weighted by Crippen LogP contribution is 2.12. The number of carbonyl (C=O) groups excluding carboxylic acids is 1. The maximum absolute atomic E-state index is 12.1. The maximum Gasteiger partial charge on any atom is 0.488 e. The van der Waals surface area contributed by atoms with Crippen LogP contribution >= 0.6 is 0 Å². The van der Waals surface area contributed by atoms with Crippen LogP contribution in [-0.4, -0.2) is 34.5 Å². The van der Waals surface area contributed by atoms with Crippen LogP contribution in [0.3, 0.4) is 0 Å². The minimum absolute atomic E-state index is 0.00959. The summed E-state index contributed by atoms with van der Waals surface area (Å²) in [7, 11) is -1.88. The molecule has 2 aromatic rings. The van der Waals surface area contributed by atoms with E-state index in [1.54, 1.807) is 0 Å². The van der Waals surface area contributed by atoms with Crippen molar-refractivity contribution in [3.8, 4) is 0 Å². The number of amides is 1. The van der Waals surface area contributed by atoms with Crippen LogP contribution in [0.25, 0.3) is 0 Å². The SMILES string of the molecule is O=C(NCCc1ccccc1)c1cc(B(O)O)cc([N+](=O)[O-])c1. The minimum Gasteiger partial charge on any atom is -0.423 e. The molecule has 23 heavy (non-hydrogen) atoms. The molecule has 0 fully saturated rings. The third kappa shape index (κ3) is 4.63. The summed E-state index contributed by atoms with van der Waals surface area (Å²) < 4.78 is 0. The Hall–Kier alpha value is -2.71. The van der Waals surface area contributed by atoms with E-state index in [1.165, 1.54) is 6.07 Å². The van der Waals surface area contributed by atoms with Gasteiger partial charge in [0.2, 0.25) is 0 Å². The number of nitrogens with one attached hydrogen (secondary N) is 1. The van der Waals surface area contributed by atoms with Crippen molar-refractivity contribution in [1.82, 2.24) is 5.32 Å². The molecule has 3 N–H and O–H groups in total. The first-order valence-corrected chi connectivity index (χ1v) is 6.95. The Kier molecular flexibility index (Phi) is 5.45. The Morgan fingerprint density at radius 1 is 1.17 bits per heavy atom. The van der Waals surface area contributed by atoms with E-state index in [0.29, 0.717) is 13.0 Å². The molecule has 0 aliphatic heterocycles. The molecule has 0 heterocycles. The summed E-state index contributed by atoms with van der Waals surface area (Å²) >= 11 is 0. The van der Waals surface area contributed by atoms with Crippen LogP contribution in [0.4, 0.5) is 5.69 Å². The number of non-ortho nitro benzene ring substituents is 1. The van der Waals surface area contributed by atoms with Gasteiger partial charge in [-0.25, -0.2) is 0 Å². The van der Waals surface area contributed by atoms with Crippen LogP contribution < -0.4 is 10.8 Å². The van der Waals surface area contributed by atoms with Crippen molar-refractivity contribution in [2.45, 2.75) is 6.42 Å². The Labute approximate surface area is 132 Å². The lowest BCUT2D eigenvalue weighted by Crippen LogP contribution is -2.32. The fraction of sp³-hybridized carbons (Fsp3) is 0.133. The summed E-state index contributed by atoms with van der Waals surface area (Å²) in [5, 5.41) is 31.8. The van der Waals surface area contributed by atoms with Crippen molar-refractivity contribution in [3.05, 3.63) is 69.8 Å². The molecule has 0 atom stereocenters. The molecule has 0 saturated carbocycles. The molecule has 118 valence electrons. The lowest BCUT2D eigenvalue weighted by molar-refractivity contribution is -0.384. The molecule has 0 unspecified atom stereocenters. The van der Waals surface area contributed by atoms with Gasteiger partial charge >= 0.3 is 7.12 Å². The number of benzene rings is 2. The Morgan fingerprint density at radius 3 is 2.48 bits per heavy atom. The molecule has 0 radical (unpaired) electrons. The van der Waals surface area contributed by atoms with Crippen molar-refractivity contribution in [3.63, 3.8) is 0 Å². The summed E-state index contributed by atoms with van der Waals surface area (Å²) in [6, 6.07) is 12.9. The molecular formula is C15H15BN2O5. The summed E-state index contributed by atoms with van der Waals surface area (Å²) in [5.41, 5.74) is 0.588. The van der Waals surface area contributed by atoms with E-state index in [0.717, 1.165) is 17.7 Å². The van der Waals surface area contributed by atoms with Crippen LogP contribution in [-0.2, 0) is 6.42 Å². The number of hydrogen-bond acceptors (Lipinski definition) is 5. The standard InChI is InChI=1S/C15H15BN2O5/c19-15(17-7-6-11-4-2-1-3-5-11)12-8-13(16(20)21)10-14(9-12)18(22)23/h1-5,8-10,20-21H,6-7H2,(H,17,19). The third-order valence-corrected chi connectivity index (χ3v) is 3.25. The van der Waals surface area contributed by atoms with Gasteiger partial charge in [-0.15, -0.1) is 0 Å². The largest absolute Gasteiger partial charge is 0.488 e. The van der Waals surface area contributed by atoms with Crippen LogP contribution in [0, 0.1) is 10.1 Å². The average Bonchev–Trinajstić information content (AvgIpc) is 2.55. The zero-order valence-electron chi connectivity index (χ0n) is 12.2. The molecule has 0 spiro atoms. The van der Waals surface area contributed by atoms with Crippen molar-refractivity contribution in [2.24, 2.45) is 0 Å². The Bertz CT molecular complexity index is 706. The second-order valence-corrected chi connectivity index (χ2v) is 4.94. The highest BCUT2D eigenvalue weighted by Gasteiger charge is 2.20. The summed E-state index contributed by atoms with van der Waals surface area (Å²) in [4.78, 5) is 22.3. The first-order valence-electron chi connectivity index (χ1n) is 6.95. The van der Waals surface area contributed by atoms with E-state index in [-0.39, 0.29) is 16.7 Å². The van der Waals surface area contributed by atoms with Gasteiger partial charge in [0.25, 0.3) is 11.6 Å². The third-order valence-electron chi connectivity index (χ3n) is 3.25. The van der Waals surface area contributed by atoms with Crippen LogP contribution in [0.2, 0.25) is 0 Å². The first-order chi connectivity index (χ1) is 11.0. The highest BCUT2D eigenvalue weighted by atomic mass is 16.6. The second-order valence-electron chi connectivity index (χ2n) is 4.94. The smallest absolute Gasteiger partial charge is 0.423 e. The molecule has 1 amide bonds. The molecular weight excluding hydrogens is 299 g/mol. The van der Waals surface area contributed by atoms with Crippen molar-refractivity contribution < 1.29 is 19.8 Å². The van der Waals surface area contributed by atoms with E-state index < -0.39 is 17.9 Å². The topological polar surface area (TPSA) is 113 Å². The Balaban J connectivity index is 2.07. The zero-order chi connectivity index (χ0) is 16.8. The fourth-order valence-corrected chi connectivity index (χ4v) is 2.09. The van der Waals surface area contributed by atoms with Gasteiger partial charge in [0, 0.05) is 24.2 Å². The van der Waals surface area contributed by atoms with E-state index in [9.17, 15) is 14.9 Å². The van der Waals surface area contributed by atoms with Gasteiger partial charge in [-0.1, -0.05) is 30.3 Å². The predicted molar refractivity (Wildman–Crippen MR) is 85.4 cm³/mol. The molecule has 2 rings (SSSR count). The molecule has 2 aromatic carbocycles. The number of nitrogens with zero attached hydrogens (tertiary/aromatic N) is 1. The average molecular weight is 314 g/mol. The maximum atomic E-state index is 12.1. The molecule has 8 heteroatoms. The van der Waals surface area contributed by atoms with Gasteiger partial charge < -0.3 is 15.4 Å². The van der Waals surface area contributed by atoms with Gasteiger partial charge in [0.1, 0.15) is 0 Å². The quantitative estimate of drug-likeness (QED) is 0.402. The lowest BCUT2D eigenvalue weighted by atomic mass is 9.79. The van der Waals surface area contributed by atoms with E-state index in [2.05, 4.69) is 5.32 Å². The normalized spacial score (nSPS) is 10.2. The van der Waals surface area contributed by atoms with Crippen LogP contribution in [0.5, 0.6) is 0 Å². The summed E-state index contributed by atoms with van der Waals surface area (Å²) in [5.74, 6) is -0.508. The molecule has 7 nitrogen and oxygen atoms in total. The monoisotopic (exact) mass is 314 g/mol. The number of hydrogen-bond donors (Lipinski definition) is 3. The number of carbonyl (C=O) groups is 1. The van der Waals surface area contributed by atoms with Gasteiger partial charge in [-0.3, -0.25) is 14.9 Å². The lowest BCUT2D eigenvalue weighted by Gasteiger charge is -2.07. The van der Waals surface area contributed by atoms with Crippen molar-refractivity contribution >= 4 is 24.2 Å². The van der Waals surface area contributed by atoms with E-state index >= 15 is 0 Å². The van der Waals surface area contributed by atoms with Crippen molar-refractivity contribution in [1.29, 1.82) is 0 Å². The predicted octanol–water partition coefficient (Wildman–Crippen LogP) is 0.247. The van der Waals surface area contributed by atoms with Gasteiger partial charge in [-0.2, -0.15) is 0 Å². The minimum atomic E-state index is -1.88. The van der Waals surface area contributed by atoms with E-state index in [4.69, 9.17) is 10.0 Å². The number of nitro groups is 1. The first kappa shape index (κ1) is 16.7. The molecule has 0 aliphatic rings. The van der Waals surface area contributed by atoms with Gasteiger partial charge in [0.15, 0.2) is 0 Å². The van der Waals surface area contributed by atoms with E-state index in [1.807, 2.05) is 30.3 Å². The van der Waals surface area contributed by atoms with Crippen LogP contribution in [0.1, 0.15) is 15.9 Å². The van der Waals surface area contributed by atoms with Gasteiger partial charge in [-0.05, 0) is 23.5 Å². The second kappa shape index (κ2) is 7.53. The molecule has 0 aliphatic carbocycles. The highest BCUT2D eigenvalue weighted by molar-refractivity contribution is 6.58. The van der Waals surface area contributed by atoms with Gasteiger partial charge in [0.05, 0.1) is 4.92 Å². The molecule has 0 saturated heterocycles. The van der Waals surface area contributed by atoms with Crippen LogP contribution in [0.15, 0.2) is 48.5 Å². The molecule has 0 aromatic heterocycles. The number of nitro benzene ring substituents is 1.